The lowest BCUT2D eigenvalue weighted by atomic mass is 10.1. The van der Waals surface area contributed by atoms with Crippen molar-refractivity contribution in [3.05, 3.63) is 54.4 Å². The summed E-state index contributed by atoms with van der Waals surface area (Å²) in [6.45, 7) is 7.21. The number of fused-ring (bicyclic) bond motifs is 1. The Labute approximate surface area is 130 Å². The molecule has 1 N–H and O–H groups in total. The number of benzene rings is 1. The predicted molar refractivity (Wildman–Crippen MR) is 88.9 cm³/mol. The first-order chi connectivity index (χ1) is 10.7. The Morgan fingerprint density at radius 2 is 1.77 bits per heavy atom. The lowest BCUT2D eigenvalue weighted by Gasteiger charge is -2.18. The summed E-state index contributed by atoms with van der Waals surface area (Å²) in [6.07, 6.45) is 2.06. The van der Waals surface area contributed by atoms with Crippen LogP contribution in [-0.4, -0.2) is 32.5 Å². The van der Waals surface area contributed by atoms with Crippen LogP contribution in [0.1, 0.15) is 19.5 Å². The Kier molecular flexibility index (Phi) is 4.11. The van der Waals surface area contributed by atoms with E-state index >= 15 is 0 Å². The molecule has 0 fully saturated rings. The third-order valence-electron chi connectivity index (χ3n) is 4.04. The number of hydrogen-bond acceptors (Lipinski definition) is 3. The highest BCUT2D eigenvalue weighted by molar-refractivity contribution is 5.67. The molecule has 0 atom stereocenters. The van der Waals surface area contributed by atoms with E-state index in [1.54, 1.807) is 12.1 Å². The molecular weight excluding hydrogens is 274 g/mol. The topological polar surface area (TPSA) is 40.8 Å². The molecule has 0 saturated heterocycles. The SMILES string of the molecule is CCN(CC)Cc1c(-c2ccc(O)cc2)nc2ccccn12. The number of imidazole rings is 1. The van der Waals surface area contributed by atoms with Crippen molar-refractivity contribution in [2.24, 2.45) is 0 Å². The second kappa shape index (κ2) is 6.20. The molecule has 2 aromatic heterocycles. The molecule has 0 unspecified atom stereocenters. The van der Waals surface area contributed by atoms with Crippen LogP contribution in [0.25, 0.3) is 16.9 Å². The molecule has 0 amide bonds. The van der Waals surface area contributed by atoms with Crippen LogP contribution in [0.15, 0.2) is 48.7 Å². The summed E-state index contributed by atoms with van der Waals surface area (Å²) >= 11 is 0. The zero-order valence-corrected chi connectivity index (χ0v) is 13.0. The maximum absolute atomic E-state index is 9.50. The van der Waals surface area contributed by atoms with Crippen LogP contribution in [0.3, 0.4) is 0 Å². The van der Waals surface area contributed by atoms with Crippen molar-refractivity contribution in [2.75, 3.05) is 13.1 Å². The minimum Gasteiger partial charge on any atom is -0.508 e. The molecular formula is C18H21N3O. The molecule has 4 nitrogen and oxygen atoms in total. The molecule has 2 heterocycles. The molecule has 0 radical (unpaired) electrons. The summed E-state index contributed by atoms with van der Waals surface area (Å²) < 4.78 is 2.15. The van der Waals surface area contributed by atoms with Gasteiger partial charge in [-0.05, 0) is 49.5 Å². The fraction of sp³-hybridized carbons (Fsp3) is 0.278. The molecule has 0 aliphatic heterocycles. The second-order valence-corrected chi connectivity index (χ2v) is 5.34. The van der Waals surface area contributed by atoms with Gasteiger partial charge in [0.2, 0.25) is 0 Å². The predicted octanol–water partition coefficient (Wildman–Crippen LogP) is 3.55. The Morgan fingerprint density at radius 3 is 2.45 bits per heavy atom. The highest BCUT2D eigenvalue weighted by Crippen LogP contribution is 2.27. The normalized spacial score (nSPS) is 11.4. The monoisotopic (exact) mass is 295 g/mol. The van der Waals surface area contributed by atoms with E-state index < -0.39 is 0 Å². The van der Waals surface area contributed by atoms with Crippen LogP contribution in [-0.2, 0) is 6.54 Å². The lowest BCUT2D eigenvalue weighted by molar-refractivity contribution is 0.292. The molecule has 0 bridgehead atoms. The van der Waals surface area contributed by atoms with Gasteiger partial charge in [0, 0.05) is 18.3 Å². The Hall–Kier alpha value is -2.33. The van der Waals surface area contributed by atoms with Gasteiger partial charge in [0.05, 0.1) is 11.4 Å². The Morgan fingerprint density at radius 1 is 1.05 bits per heavy atom. The number of nitrogens with zero attached hydrogens (tertiary/aromatic N) is 3. The van der Waals surface area contributed by atoms with Gasteiger partial charge in [0.25, 0.3) is 0 Å². The van der Waals surface area contributed by atoms with Crippen LogP contribution in [0, 0.1) is 0 Å². The largest absolute Gasteiger partial charge is 0.508 e. The molecule has 0 aliphatic rings. The molecule has 22 heavy (non-hydrogen) atoms. The van der Waals surface area contributed by atoms with Crippen LogP contribution in [0.5, 0.6) is 5.75 Å². The average molecular weight is 295 g/mol. The number of aromatic nitrogens is 2. The Bertz CT molecular complexity index is 758. The van der Waals surface area contributed by atoms with Gasteiger partial charge in [-0.1, -0.05) is 19.9 Å². The van der Waals surface area contributed by atoms with Gasteiger partial charge in [-0.25, -0.2) is 4.98 Å². The second-order valence-electron chi connectivity index (χ2n) is 5.34. The van der Waals surface area contributed by atoms with Gasteiger partial charge in [-0.3, -0.25) is 4.90 Å². The summed E-state index contributed by atoms with van der Waals surface area (Å²) in [7, 11) is 0. The van der Waals surface area contributed by atoms with Crippen LogP contribution in [0.4, 0.5) is 0 Å². The van der Waals surface area contributed by atoms with E-state index in [-0.39, 0.29) is 5.75 Å². The first-order valence-corrected chi connectivity index (χ1v) is 7.70. The molecule has 0 spiro atoms. The maximum atomic E-state index is 9.50. The number of phenols is 1. The van der Waals surface area contributed by atoms with Gasteiger partial charge in [0.1, 0.15) is 11.4 Å². The average Bonchev–Trinajstić information content (AvgIpc) is 2.92. The van der Waals surface area contributed by atoms with Crippen LogP contribution in [0.2, 0.25) is 0 Å². The number of phenolic OH excluding ortho intramolecular Hbond substituents is 1. The number of rotatable bonds is 5. The van der Waals surface area contributed by atoms with Crippen molar-refractivity contribution in [1.82, 2.24) is 14.3 Å². The summed E-state index contributed by atoms with van der Waals surface area (Å²) in [5.41, 5.74) is 4.15. The fourth-order valence-corrected chi connectivity index (χ4v) is 2.71. The van der Waals surface area contributed by atoms with Crippen molar-refractivity contribution in [3.8, 4) is 17.0 Å². The quantitative estimate of drug-likeness (QED) is 0.782. The van der Waals surface area contributed by atoms with Crippen molar-refractivity contribution in [1.29, 1.82) is 0 Å². The van der Waals surface area contributed by atoms with E-state index in [0.717, 1.165) is 36.5 Å². The molecule has 1 aromatic carbocycles. The number of hydrogen-bond donors (Lipinski definition) is 1. The van der Waals surface area contributed by atoms with Crippen molar-refractivity contribution in [3.63, 3.8) is 0 Å². The van der Waals surface area contributed by atoms with Crippen molar-refractivity contribution in [2.45, 2.75) is 20.4 Å². The number of aromatic hydroxyl groups is 1. The first kappa shape index (κ1) is 14.6. The van der Waals surface area contributed by atoms with Gasteiger partial charge >= 0.3 is 0 Å². The molecule has 3 rings (SSSR count). The minimum absolute atomic E-state index is 0.276. The van der Waals surface area contributed by atoms with Gasteiger partial charge < -0.3 is 9.51 Å². The summed E-state index contributed by atoms with van der Waals surface area (Å²) in [4.78, 5) is 7.16. The van der Waals surface area contributed by atoms with Crippen LogP contribution < -0.4 is 0 Å². The van der Waals surface area contributed by atoms with E-state index in [9.17, 15) is 5.11 Å². The van der Waals surface area contributed by atoms with E-state index in [1.807, 2.05) is 30.3 Å². The lowest BCUT2D eigenvalue weighted by Crippen LogP contribution is -2.23. The number of pyridine rings is 1. The zero-order chi connectivity index (χ0) is 15.5. The van der Waals surface area contributed by atoms with E-state index in [4.69, 9.17) is 4.98 Å². The van der Waals surface area contributed by atoms with Crippen molar-refractivity contribution < 1.29 is 5.11 Å². The molecule has 4 heteroatoms. The smallest absolute Gasteiger partial charge is 0.137 e. The third-order valence-corrected chi connectivity index (χ3v) is 4.04. The van der Waals surface area contributed by atoms with Gasteiger partial charge in [-0.15, -0.1) is 0 Å². The summed E-state index contributed by atoms with van der Waals surface area (Å²) in [6, 6.07) is 13.3. The van der Waals surface area contributed by atoms with Crippen molar-refractivity contribution >= 4 is 5.65 Å². The molecule has 3 aromatic rings. The molecule has 0 saturated carbocycles. The first-order valence-electron chi connectivity index (χ1n) is 7.70. The fourth-order valence-electron chi connectivity index (χ4n) is 2.71. The van der Waals surface area contributed by atoms with E-state index in [2.05, 4.69) is 29.3 Å². The molecule has 0 aliphatic carbocycles. The molecule has 114 valence electrons. The van der Waals surface area contributed by atoms with E-state index in [0.29, 0.717) is 0 Å². The minimum atomic E-state index is 0.276. The van der Waals surface area contributed by atoms with Gasteiger partial charge in [-0.2, -0.15) is 0 Å². The third kappa shape index (κ3) is 2.70. The van der Waals surface area contributed by atoms with E-state index in [1.165, 1.54) is 5.69 Å². The standard InChI is InChI=1S/C18H21N3O/c1-3-20(4-2)13-16-18(14-8-10-15(22)11-9-14)19-17-7-5-6-12-21(16)17/h5-12,22H,3-4,13H2,1-2H3. The highest BCUT2D eigenvalue weighted by atomic mass is 16.3. The van der Waals surface area contributed by atoms with Gasteiger partial charge in [0.15, 0.2) is 0 Å². The summed E-state index contributed by atoms with van der Waals surface area (Å²) in [5.74, 6) is 0.276. The maximum Gasteiger partial charge on any atom is 0.137 e. The zero-order valence-electron chi connectivity index (χ0n) is 13.0. The van der Waals surface area contributed by atoms with Crippen LogP contribution >= 0.6 is 0 Å². The summed E-state index contributed by atoms with van der Waals surface area (Å²) in [5, 5.41) is 9.50. The Balaban J connectivity index is 2.13. The highest BCUT2D eigenvalue weighted by Gasteiger charge is 2.15.